The number of likely N-dealkylation sites (tertiary alicyclic amines) is 1. The summed E-state index contributed by atoms with van der Waals surface area (Å²) in [5.41, 5.74) is 3.24. The Morgan fingerprint density at radius 1 is 0.975 bits per heavy atom. The number of pyridine rings is 1. The first-order chi connectivity index (χ1) is 18.9. The van der Waals surface area contributed by atoms with E-state index in [2.05, 4.69) is 52.0 Å². The minimum Gasteiger partial charge on any atom is -0.406 e. The number of ether oxygens (including phenoxy) is 1. The Kier molecular flexibility index (Phi) is 7.39. The van der Waals surface area contributed by atoms with Crippen LogP contribution in [-0.4, -0.2) is 48.5 Å². The zero-order chi connectivity index (χ0) is 28.5. The lowest BCUT2D eigenvalue weighted by molar-refractivity contribution is -0.274. The van der Waals surface area contributed by atoms with Crippen molar-refractivity contribution >= 4 is 28.9 Å². The van der Waals surface area contributed by atoms with Gasteiger partial charge in [-0.25, -0.2) is 9.78 Å². The lowest BCUT2D eigenvalue weighted by atomic mass is 9.74. The molecular weight excluding hydrogens is 519 g/mol. The molecular formula is C30H34F3N5O2. The van der Waals surface area contributed by atoms with Crippen LogP contribution in [0.1, 0.15) is 39.2 Å². The molecule has 2 amide bonds. The predicted molar refractivity (Wildman–Crippen MR) is 150 cm³/mol. The second-order valence-electron chi connectivity index (χ2n) is 11.7. The molecule has 3 aromatic rings. The van der Waals surface area contributed by atoms with Crippen LogP contribution in [0.15, 0.2) is 66.9 Å². The van der Waals surface area contributed by atoms with E-state index in [0.717, 1.165) is 62.7 Å². The van der Waals surface area contributed by atoms with Crippen LogP contribution < -0.4 is 20.3 Å². The SMILES string of the molecule is CC(C)(C)CN1CCC2(CC1)CN(c1ccccc1NC(=O)Nc1ccc(OC(F)(F)F)cc1)c1ncccc12. The van der Waals surface area contributed by atoms with Gasteiger partial charge in [0.25, 0.3) is 0 Å². The summed E-state index contributed by atoms with van der Waals surface area (Å²) in [6.45, 7) is 10.7. The summed E-state index contributed by atoms with van der Waals surface area (Å²) in [5.74, 6) is 0.545. The zero-order valence-electron chi connectivity index (χ0n) is 22.9. The number of amides is 2. The monoisotopic (exact) mass is 553 g/mol. The lowest BCUT2D eigenvalue weighted by Gasteiger charge is -2.42. The fraction of sp³-hybridized carbons (Fsp3) is 0.400. The molecule has 1 saturated heterocycles. The van der Waals surface area contributed by atoms with E-state index in [1.165, 1.54) is 17.7 Å². The first kappa shape index (κ1) is 27.8. The van der Waals surface area contributed by atoms with Crippen molar-refractivity contribution in [3.8, 4) is 5.75 Å². The van der Waals surface area contributed by atoms with Crippen LogP contribution in [0.25, 0.3) is 0 Å². The van der Waals surface area contributed by atoms with E-state index in [4.69, 9.17) is 4.98 Å². The maximum absolute atomic E-state index is 12.9. The summed E-state index contributed by atoms with van der Waals surface area (Å²) in [7, 11) is 0. The first-order valence-corrected chi connectivity index (χ1v) is 13.4. The molecule has 2 aliphatic heterocycles. The number of aromatic nitrogens is 1. The van der Waals surface area contributed by atoms with Crippen molar-refractivity contribution < 1.29 is 22.7 Å². The van der Waals surface area contributed by atoms with Gasteiger partial charge in [0.05, 0.1) is 11.4 Å². The van der Waals surface area contributed by atoms with Crippen molar-refractivity contribution in [3.63, 3.8) is 0 Å². The maximum Gasteiger partial charge on any atom is 0.573 e. The van der Waals surface area contributed by atoms with Crippen LogP contribution in [0.2, 0.25) is 0 Å². The number of nitrogens with one attached hydrogen (secondary N) is 2. The predicted octanol–water partition coefficient (Wildman–Crippen LogP) is 7.16. The van der Waals surface area contributed by atoms with Crippen molar-refractivity contribution in [1.29, 1.82) is 0 Å². The summed E-state index contributed by atoms with van der Waals surface area (Å²) >= 11 is 0. The molecule has 0 saturated carbocycles. The molecule has 7 nitrogen and oxygen atoms in total. The molecule has 0 bridgehead atoms. The second-order valence-corrected chi connectivity index (χ2v) is 11.7. The fourth-order valence-corrected chi connectivity index (χ4v) is 5.76. The van der Waals surface area contributed by atoms with Gasteiger partial charge in [-0.15, -0.1) is 13.2 Å². The molecule has 2 N–H and O–H groups in total. The first-order valence-electron chi connectivity index (χ1n) is 13.4. The summed E-state index contributed by atoms with van der Waals surface area (Å²) in [5, 5.41) is 5.58. The number of para-hydroxylation sites is 2. The molecule has 5 rings (SSSR count). The van der Waals surface area contributed by atoms with Gasteiger partial charge in [0.15, 0.2) is 0 Å². The highest BCUT2D eigenvalue weighted by Crippen LogP contribution is 2.50. The van der Waals surface area contributed by atoms with Crippen LogP contribution >= 0.6 is 0 Å². The van der Waals surface area contributed by atoms with Gasteiger partial charge >= 0.3 is 12.4 Å². The van der Waals surface area contributed by atoms with Gasteiger partial charge in [0, 0.05) is 36.0 Å². The highest BCUT2D eigenvalue weighted by Gasteiger charge is 2.46. The number of anilines is 4. The molecule has 2 aromatic carbocycles. The Balaban J connectivity index is 1.32. The van der Waals surface area contributed by atoms with Gasteiger partial charge in [-0.2, -0.15) is 0 Å². The van der Waals surface area contributed by atoms with Crippen molar-refractivity contribution in [2.75, 3.05) is 41.7 Å². The smallest absolute Gasteiger partial charge is 0.406 e. The Morgan fingerprint density at radius 2 is 1.68 bits per heavy atom. The molecule has 0 unspecified atom stereocenters. The molecule has 1 spiro atoms. The highest BCUT2D eigenvalue weighted by molar-refractivity contribution is 6.02. The van der Waals surface area contributed by atoms with Gasteiger partial charge in [-0.3, -0.25) is 0 Å². The van der Waals surface area contributed by atoms with Gasteiger partial charge in [0.2, 0.25) is 0 Å². The van der Waals surface area contributed by atoms with E-state index in [0.29, 0.717) is 11.4 Å². The molecule has 0 aliphatic carbocycles. The average Bonchev–Trinajstić information content (AvgIpc) is 3.19. The van der Waals surface area contributed by atoms with Crippen LogP contribution in [0.4, 0.5) is 40.8 Å². The Morgan fingerprint density at radius 3 is 2.35 bits per heavy atom. The Labute approximate surface area is 232 Å². The molecule has 0 atom stereocenters. The molecule has 1 aromatic heterocycles. The average molecular weight is 554 g/mol. The van der Waals surface area contributed by atoms with E-state index in [-0.39, 0.29) is 16.6 Å². The second kappa shape index (κ2) is 10.6. The molecule has 2 aliphatic rings. The van der Waals surface area contributed by atoms with E-state index in [9.17, 15) is 18.0 Å². The Bertz CT molecular complexity index is 1350. The number of nitrogens with zero attached hydrogens (tertiary/aromatic N) is 3. The maximum atomic E-state index is 12.9. The number of carbonyl (C=O) groups excluding carboxylic acids is 1. The van der Waals surface area contributed by atoms with Crippen LogP contribution in [0.3, 0.4) is 0 Å². The van der Waals surface area contributed by atoms with E-state index in [1.54, 1.807) is 6.20 Å². The van der Waals surface area contributed by atoms with Crippen molar-refractivity contribution in [2.24, 2.45) is 5.41 Å². The number of alkyl halides is 3. The number of piperidine rings is 1. The molecule has 10 heteroatoms. The van der Waals surface area contributed by atoms with Gasteiger partial charge in [-0.1, -0.05) is 39.0 Å². The van der Waals surface area contributed by atoms with Crippen LogP contribution in [0, 0.1) is 5.41 Å². The van der Waals surface area contributed by atoms with Gasteiger partial charge in [0.1, 0.15) is 11.6 Å². The van der Waals surface area contributed by atoms with E-state index < -0.39 is 12.4 Å². The number of benzene rings is 2. The van der Waals surface area contributed by atoms with Gasteiger partial charge < -0.3 is 25.2 Å². The summed E-state index contributed by atoms with van der Waals surface area (Å²) < 4.78 is 41.2. The summed E-state index contributed by atoms with van der Waals surface area (Å²) in [6, 6.07) is 16.2. The number of fused-ring (bicyclic) bond motifs is 2. The quantitative estimate of drug-likeness (QED) is 0.351. The number of hydrogen-bond acceptors (Lipinski definition) is 5. The van der Waals surface area contributed by atoms with E-state index in [1.807, 2.05) is 30.3 Å². The Hall–Kier alpha value is -3.79. The summed E-state index contributed by atoms with van der Waals surface area (Å²) in [6.07, 6.45) is -0.916. The van der Waals surface area contributed by atoms with Crippen LogP contribution in [0.5, 0.6) is 5.75 Å². The van der Waals surface area contributed by atoms with Crippen LogP contribution in [-0.2, 0) is 5.41 Å². The zero-order valence-corrected chi connectivity index (χ0v) is 22.9. The highest BCUT2D eigenvalue weighted by atomic mass is 19.4. The lowest BCUT2D eigenvalue weighted by Crippen LogP contribution is -2.46. The standard InChI is InChI=1S/C30H34F3N5O2/c1-28(2,3)19-37-17-14-29(15-18-37)20-38(26-23(29)7-6-16-34-26)25-9-5-4-8-24(25)36-27(39)35-21-10-12-22(13-11-21)40-30(31,32)33/h4-13,16H,14-15,17-20H2,1-3H3,(H2,35,36,39). The molecule has 0 radical (unpaired) electrons. The summed E-state index contributed by atoms with van der Waals surface area (Å²) in [4.78, 5) is 22.4. The topological polar surface area (TPSA) is 69.7 Å². The third-order valence-electron chi connectivity index (χ3n) is 7.37. The third kappa shape index (κ3) is 6.33. The van der Waals surface area contributed by atoms with Crippen molar-refractivity contribution in [2.45, 2.75) is 45.4 Å². The largest absolute Gasteiger partial charge is 0.573 e. The minimum absolute atomic E-state index is 0.0203. The third-order valence-corrected chi connectivity index (χ3v) is 7.37. The van der Waals surface area contributed by atoms with Gasteiger partial charge in [-0.05, 0) is 73.8 Å². The minimum atomic E-state index is -4.78. The number of urea groups is 1. The van der Waals surface area contributed by atoms with Crippen molar-refractivity contribution in [1.82, 2.24) is 9.88 Å². The number of halogens is 3. The van der Waals surface area contributed by atoms with E-state index >= 15 is 0 Å². The number of hydrogen-bond donors (Lipinski definition) is 2. The number of carbonyl (C=O) groups is 1. The normalized spacial score (nSPS) is 17.0. The molecule has 1 fully saturated rings. The molecule has 3 heterocycles. The number of rotatable bonds is 5. The fourth-order valence-electron chi connectivity index (χ4n) is 5.76. The molecule has 212 valence electrons. The van der Waals surface area contributed by atoms with Crippen molar-refractivity contribution in [3.05, 3.63) is 72.4 Å². The molecule has 40 heavy (non-hydrogen) atoms.